The summed E-state index contributed by atoms with van der Waals surface area (Å²) in [7, 11) is 1.73. The van der Waals surface area contributed by atoms with Gasteiger partial charge in [0.1, 0.15) is 5.75 Å². The average molecular weight is 362 g/mol. The van der Waals surface area contributed by atoms with E-state index in [9.17, 15) is 0 Å². The van der Waals surface area contributed by atoms with Crippen molar-refractivity contribution in [3.05, 3.63) is 42.0 Å². The number of hydrogen-bond acceptors (Lipinski definition) is 2. The Morgan fingerprint density at radius 2 is 1.96 bits per heavy atom. The van der Waals surface area contributed by atoms with Crippen LogP contribution in [-0.2, 0) is 6.42 Å². The van der Waals surface area contributed by atoms with Gasteiger partial charge in [-0.25, -0.2) is 0 Å². The molecule has 0 aromatic heterocycles. The van der Waals surface area contributed by atoms with Crippen LogP contribution in [0.4, 0.5) is 0 Å². The number of benzene rings is 2. The molecule has 0 unspecified atom stereocenters. The molecule has 1 aliphatic heterocycles. The Labute approximate surface area is 159 Å². The van der Waals surface area contributed by atoms with Crippen molar-refractivity contribution in [2.75, 3.05) is 26.7 Å². The molecule has 1 fully saturated rings. The van der Waals surface area contributed by atoms with E-state index in [1.165, 1.54) is 68.1 Å². The summed E-state index contributed by atoms with van der Waals surface area (Å²) in [5.74, 6) is 0.937. The van der Waals surface area contributed by atoms with Crippen LogP contribution in [0.3, 0.4) is 0 Å². The minimum absolute atomic E-state index is 0. The second-order valence-corrected chi connectivity index (χ2v) is 8.01. The van der Waals surface area contributed by atoms with Gasteiger partial charge in [0, 0.05) is 6.54 Å². The summed E-state index contributed by atoms with van der Waals surface area (Å²) in [5, 5.41) is 2.65. The topological polar surface area (TPSA) is 12.5 Å². The number of ether oxygens (including phenoxy) is 1. The van der Waals surface area contributed by atoms with E-state index in [0.717, 1.165) is 5.75 Å². The third kappa shape index (κ3) is 5.36. The number of piperidine rings is 1. The van der Waals surface area contributed by atoms with Gasteiger partial charge in [0.05, 0.1) is 7.11 Å². The van der Waals surface area contributed by atoms with Crippen LogP contribution in [0.1, 0.15) is 45.1 Å². The Hall–Kier alpha value is -1.25. The molecule has 2 aromatic rings. The molecule has 0 aliphatic carbocycles. The highest BCUT2D eigenvalue weighted by Gasteiger charge is 2.25. The van der Waals surface area contributed by atoms with Gasteiger partial charge < -0.3 is 9.64 Å². The van der Waals surface area contributed by atoms with Crippen LogP contribution < -0.4 is 4.74 Å². The molecule has 138 valence electrons. The molecule has 0 N–H and O–H groups in total. The SMILES string of the molecule is COc1ccc2c(CCCCN3CCCC(C)(C)C3)cccc2c1.Cl. The van der Waals surface area contributed by atoms with E-state index < -0.39 is 0 Å². The predicted molar refractivity (Wildman–Crippen MR) is 110 cm³/mol. The lowest BCUT2D eigenvalue weighted by atomic mass is 9.84. The molecule has 3 heteroatoms. The Morgan fingerprint density at radius 1 is 1.12 bits per heavy atom. The van der Waals surface area contributed by atoms with Gasteiger partial charge in [0.15, 0.2) is 0 Å². The van der Waals surface area contributed by atoms with Crippen LogP contribution in [0.15, 0.2) is 36.4 Å². The maximum atomic E-state index is 5.34. The molecule has 0 bridgehead atoms. The molecule has 2 nitrogen and oxygen atoms in total. The summed E-state index contributed by atoms with van der Waals surface area (Å²) in [6, 6.07) is 13.0. The fourth-order valence-corrected chi connectivity index (χ4v) is 4.06. The Bertz CT molecular complexity index is 683. The number of halogens is 1. The fraction of sp³-hybridized carbons (Fsp3) is 0.545. The molecule has 1 aliphatic rings. The second-order valence-electron chi connectivity index (χ2n) is 8.01. The minimum Gasteiger partial charge on any atom is -0.497 e. The van der Waals surface area contributed by atoms with Crippen LogP contribution in [0, 0.1) is 5.41 Å². The molecule has 0 amide bonds. The standard InChI is InChI=1S/C22H31NO.ClH/c1-22(2)13-7-15-23(17-22)14-5-4-8-18-9-6-10-19-16-20(24-3)11-12-21(18)19;/h6,9-12,16H,4-5,7-8,13-15,17H2,1-3H3;1H. The van der Waals surface area contributed by atoms with Crippen molar-refractivity contribution in [2.45, 2.75) is 46.0 Å². The molecule has 1 heterocycles. The van der Waals surface area contributed by atoms with Crippen molar-refractivity contribution in [3.8, 4) is 5.75 Å². The van der Waals surface area contributed by atoms with Crippen molar-refractivity contribution in [1.29, 1.82) is 0 Å². The number of fused-ring (bicyclic) bond motifs is 1. The number of likely N-dealkylation sites (tertiary alicyclic amines) is 1. The molecule has 3 rings (SSSR count). The van der Waals surface area contributed by atoms with E-state index in [2.05, 4.69) is 55.1 Å². The third-order valence-corrected chi connectivity index (χ3v) is 5.33. The van der Waals surface area contributed by atoms with Gasteiger partial charge in [-0.15, -0.1) is 12.4 Å². The van der Waals surface area contributed by atoms with Crippen LogP contribution in [0.2, 0.25) is 0 Å². The molecule has 25 heavy (non-hydrogen) atoms. The predicted octanol–water partition coefficient (Wildman–Crippen LogP) is 5.71. The molecule has 0 spiro atoms. The van der Waals surface area contributed by atoms with Gasteiger partial charge in [-0.1, -0.05) is 38.1 Å². The van der Waals surface area contributed by atoms with E-state index in [1.54, 1.807) is 7.11 Å². The van der Waals surface area contributed by atoms with Crippen LogP contribution in [-0.4, -0.2) is 31.6 Å². The van der Waals surface area contributed by atoms with Gasteiger partial charge in [-0.3, -0.25) is 0 Å². The highest BCUT2D eigenvalue weighted by molar-refractivity contribution is 5.87. The van der Waals surface area contributed by atoms with E-state index in [1.807, 2.05) is 0 Å². The molecular weight excluding hydrogens is 330 g/mol. The van der Waals surface area contributed by atoms with Crippen LogP contribution >= 0.6 is 12.4 Å². The average Bonchev–Trinajstić information content (AvgIpc) is 2.57. The fourth-order valence-electron chi connectivity index (χ4n) is 4.06. The normalized spacial score (nSPS) is 17.2. The quantitative estimate of drug-likeness (QED) is 0.610. The van der Waals surface area contributed by atoms with Gasteiger partial charge >= 0.3 is 0 Å². The highest BCUT2D eigenvalue weighted by atomic mass is 35.5. The summed E-state index contributed by atoms with van der Waals surface area (Å²) < 4.78 is 5.34. The van der Waals surface area contributed by atoms with E-state index in [0.29, 0.717) is 5.41 Å². The summed E-state index contributed by atoms with van der Waals surface area (Å²) in [6.07, 6.45) is 6.46. The van der Waals surface area contributed by atoms with E-state index in [-0.39, 0.29) is 12.4 Å². The minimum atomic E-state index is 0. The number of aryl methyl sites for hydroxylation is 1. The third-order valence-electron chi connectivity index (χ3n) is 5.33. The van der Waals surface area contributed by atoms with Crippen LogP contribution in [0.25, 0.3) is 10.8 Å². The summed E-state index contributed by atoms with van der Waals surface area (Å²) in [5.41, 5.74) is 1.97. The molecular formula is C22H32ClNO. The smallest absolute Gasteiger partial charge is 0.119 e. The first-order chi connectivity index (χ1) is 11.6. The van der Waals surface area contributed by atoms with E-state index in [4.69, 9.17) is 4.74 Å². The first-order valence-corrected chi connectivity index (χ1v) is 9.35. The second kappa shape index (κ2) is 8.91. The van der Waals surface area contributed by atoms with Gasteiger partial charge in [-0.2, -0.15) is 0 Å². The monoisotopic (exact) mass is 361 g/mol. The summed E-state index contributed by atoms with van der Waals surface area (Å²) >= 11 is 0. The first-order valence-electron chi connectivity index (χ1n) is 9.35. The van der Waals surface area contributed by atoms with Gasteiger partial charge in [-0.05, 0) is 79.1 Å². The van der Waals surface area contributed by atoms with Crippen molar-refractivity contribution in [3.63, 3.8) is 0 Å². The van der Waals surface area contributed by atoms with E-state index >= 15 is 0 Å². The maximum Gasteiger partial charge on any atom is 0.119 e. The number of rotatable bonds is 6. The van der Waals surface area contributed by atoms with Crippen molar-refractivity contribution >= 4 is 23.2 Å². The van der Waals surface area contributed by atoms with Crippen molar-refractivity contribution in [1.82, 2.24) is 4.90 Å². The largest absolute Gasteiger partial charge is 0.497 e. The summed E-state index contributed by atoms with van der Waals surface area (Å²) in [6.45, 7) is 8.62. The number of nitrogens with zero attached hydrogens (tertiary/aromatic N) is 1. The Kier molecular flexibility index (Phi) is 7.15. The molecule has 0 atom stereocenters. The van der Waals surface area contributed by atoms with Gasteiger partial charge in [0.2, 0.25) is 0 Å². The van der Waals surface area contributed by atoms with Crippen molar-refractivity contribution < 1.29 is 4.74 Å². The number of methoxy groups -OCH3 is 1. The molecule has 0 saturated carbocycles. The lowest BCUT2D eigenvalue weighted by Crippen LogP contribution is -2.40. The molecule has 1 saturated heterocycles. The number of unbranched alkanes of at least 4 members (excludes halogenated alkanes) is 1. The molecule has 0 radical (unpaired) electrons. The number of hydrogen-bond donors (Lipinski definition) is 0. The lowest BCUT2D eigenvalue weighted by Gasteiger charge is -2.38. The zero-order chi connectivity index (χ0) is 17.0. The lowest BCUT2D eigenvalue weighted by molar-refractivity contribution is 0.116. The maximum absolute atomic E-state index is 5.34. The van der Waals surface area contributed by atoms with Crippen molar-refractivity contribution in [2.24, 2.45) is 5.41 Å². The zero-order valence-corrected chi connectivity index (χ0v) is 16.7. The highest BCUT2D eigenvalue weighted by Crippen LogP contribution is 2.29. The Morgan fingerprint density at radius 3 is 2.72 bits per heavy atom. The zero-order valence-electron chi connectivity index (χ0n) is 15.9. The summed E-state index contributed by atoms with van der Waals surface area (Å²) in [4.78, 5) is 2.66. The molecule has 2 aromatic carbocycles. The first kappa shape index (κ1) is 20.1. The van der Waals surface area contributed by atoms with Crippen LogP contribution in [0.5, 0.6) is 5.75 Å². The Balaban J connectivity index is 0.00000225. The van der Waals surface area contributed by atoms with Gasteiger partial charge in [0.25, 0.3) is 0 Å².